The van der Waals surface area contributed by atoms with Gasteiger partial charge in [-0.2, -0.15) is 0 Å². The summed E-state index contributed by atoms with van der Waals surface area (Å²) < 4.78 is 0. The third-order valence-corrected chi connectivity index (χ3v) is 3.86. The number of anilines is 1. The van der Waals surface area contributed by atoms with Gasteiger partial charge in [0.1, 0.15) is 0 Å². The highest BCUT2D eigenvalue weighted by molar-refractivity contribution is 5.54. The average molecular weight is 261 g/mol. The minimum atomic E-state index is 0.984. The Kier molecular flexibility index (Phi) is 5.23. The second kappa shape index (κ2) is 6.92. The molecule has 1 N–H and O–H groups in total. The van der Waals surface area contributed by atoms with E-state index in [0.29, 0.717) is 0 Å². The van der Waals surface area contributed by atoms with E-state index in [1.807, 2.05) is 0 Å². The van der Waals surface area contributed by atoms with Crippen molar-refractivity contribution in [2.75, 3.05) is 44.7 Å². The number of nitrogens with zero attached hydrogens (tertiary/aromatic N) is 2. The summed E-state index contributed by atoms with van der Waals surface area (Å²) in [7, 11) is 2.20. The van der Waals surface area contributed by atoms with Crippen molar-refractivity contribution in [1.82, 2.24) is 10.2 Å². The number of hydrogen-bond acceptors (Lipinski definition) is 3. The quantitative estimate of drug-likeness (QED) is 0.820. The summed E-state index contributed by atoms with van der Waals surface area (Å²) in [5.74, 6) is 0. The lowest BCUT2D eigenvalue weighted by molar-refractivity contribution is 0.312. The summed E-state index contributed by atoms with van der Waals surface area (Å²) in [5.41, 5.74) is 4.21. The molecule has 1 saturated heterocycles. The predicted octanol–water partition coefficient (Wildman–Crippen LogP) is 2.25. The molecule has 0 aliphatic carbocycles. The molecule has 1 aromatic rings. The Bertz CT molecular complexity index is 395. The third-order valence-electron chi connectivity index (χ3n) is 3.86. The van der Waals surface area contributed by atoms with Gasteiger partial charge < -0.3 is 15.1 Å². The molecule has 0 aromatic heterocycles. The summed E-state index contributed by atoms with van der Waals surface area (Å²) in [6, 6.07) is 6.89. The Labute approximate surface area is 117 Å². The number of likely N-dealkylation sites (N-methyl/N-ethyl adjacent to an activating group) is 1. The summed E-state index contributed by atoms with van der Waals surface area (Å²) in [6.45, 7) is 11.1. The molecule has 1 aliphatic heterocycles. The van der Waals surface area contributed by atoms with Crippen molar-refractivity contribution in [3.05, 3.63) is 29.3 Å². The summed E-state index contributed by atoms with van der Waals surface area (Å²) >= 11 is 0. The van der Waals surface area contributed by atoms with E-state index < -0.39 is 0 Å². The zero-order valence-corrected chi connectivity index (χ0v) is 12.6. The Morgan fingerprint density at radius 3 is 2.53 bits per heavy atom. The number of piperazine rings is 1. The monoisotopic (exact) mass is 261 g/mol. The van der Waals surface area contributed by atoms with Gasteiger partial charge in [0.2, 0.25) is 0 Å². The lowest BCUT2D eigenvalue weighted by Gasteiger charge is -2.35. The molecule has 1 heterocycles. The van der Waals surface area contributed by atoms with E-state index >= 15 is 0 Å². The van der Waals surface area contributed by atoms with E-state index in [0.717, 1.165) is 26.2 Å². The van der Waals surface area contributed by atoms with Gasteiger partial charge in [-0.25, -0.2) is 0 Å². The van der Waals surface area contributed by atoms with Gasteiger partial charge in [0.05, 0.1) is 0 Å². The molecule has 0 saturated carbocycles. The summed E-state index contributed by atoms with van der Waals surface area (Å²) in [4.78, 5) is 4.91. The van der Waals surface area contributed by atoms with Crippen molar-refractivity contribution in [2.45, 2.75) is 26.8 Å². The Hall–Kier alpha value is -1.06. The lowest BCUT2D eigenvalue weighted by Crippen LogP contribution is -2.44. The smallest absolute Gasteiger partial charge is 0.0397 e. The minimum Gasteiger partial charge on any atom is -0.369 e. The lowest BCUT2D eigenvalue weighted by atomic mass is 10.1. The highest BCUT2D eigenvalue weighted by atomic mass is 15.2. The van der Waals surface area contributed by atoms with Crippen LogP contribution in [0, 0.1) is 6.92 Å². The van der Waals surface area contributed by atoms with Gasteiger partial charge in [-0.1, -0.05) is 19.1 Å². The first-order chi connectivity index (χ1) is 9.20. The van der Waals surface area contributed by atoms with E-state index in [2.05, 4.69) is 54.2 Å². The van der Waals surface area contributed by atoms with Gasteiger partial charge in [0, 0.05) is 38.4 Å². The van der Waals surface area contributed by atoms with Gasteiger partial charge in [0.25, 0.3) is 0 Å². The van der Waals surface area contributed by atoms with Crippen LogP contribution >= 0.6 is 0 Å². The number of hydrogen-bond donors (Lipinski definition) is 1. The van der Waals surface area contributed by atoms with Gasteiger partial charge in [-0.05, 0) is 44.1 Å². The zero-order valence-electron chi connectivity index (χ0n) is 12.6. The van der Waals surface area contributed by atoms with Crippen LogP contribution in [-0.2, 0) is 6.54 Å². The number of benzene rings is 1. The van der Waals surface area contributed by atoms with Crippen LogP contribution < -0.4 is 10.2 Å². The Morgan fingerprint density at radius 1 is 1.16 bits per heavy atom. The fourth-order valence-electron chi connectivity index (χ4n) is 2.64. The SMILES string of the molecule is CCCNCc1ccc(N2CCN(C)CC2)c(C)c1. The normalized spacial score (nSPS) is 16.9. The van der Waals surface area contributed by atoms with Crippen molar-refractivity contribution >= 4 is 5.69 Å². The summed E-state index contributed by atoms with van der Waals surface area (Å²) in [6.07, 6.45) is 1.19. The minimum absolute atomic E-state index is 0.984. The highest BCUT2D eigenvalue weighted by Crippen LogP contribution is 2.22. The fourth-order valence-corrected chi connectivity index (χ4v) is 2.64. The van der Waals surface area contributed by atoms with Crippen LogP contribution in [0.15, 0.2) is 18.2 Å². The van der Waals surface area contributed by atoms with E-state index in [9.17, 15) is 0 Å². The van der Waals surface area contributed by atoms with Gasteiger partial charge in [0.15, 0.2) is 0 Å². The van der Waals surface area contributed by atoms with E-state index in [1.54, 1.807) is 0 Å². The van der Waals surface area contributed by atoms with Crippen molar-refractivity contribution < 1.29 is 0 Å². The number of rotatable bonds is 5. The zero-order chi connectivity index (χ0) is 13.7. The van der Waals surface area contributed by atoms with Crippen LogP contribution in [0.5, 0.6) is 0 Å². The molecule has 0 unspecified atom stereocenters. The molecule has 0 amide bonds. The molecule has 1 fully saturated rings. The molecule has 0 radical (unpaired) electrons. The maximum atomic E-state index is 3.46. The van der Waals surface area contributed by atoms with Crippen LogP contribution in [0.4, 0.5) is 5.69 Å². The molecule has 106 valence electrons. The Morgan fingerprint density at radius 2 is 1.89 bits per heavy atom. The maximum absolute atomic E-state index is 3.46. The molecule has 3 nitrogen and oxygen atoms in total. The molecule has 3 heteroatoms. The van der Waals surface area contributed by atoms with Crippen LogP contribution in [0.1, 0.15) is 24.5 Å². The van der Waals surface area contributed by atoms with E-state index in [4.69, 9.17) is 0 Å². The van der Waals surface area contributed by atoms with Gasteiger partial charge in [-0.15, -0.1) is 0 Å². The highest BCUT2D eigenvalue weighted by Gasteiger charge is 2.15. The third kappa shape index (κ3) is 3.95. The van der Waals surface area contributed by atoms with E-state index in [1.165, 1.54) is 36.3 Å². The molecular weight excluding hydrogens is 234 g/mol. The second-order valence-electron chi connectivity index (χ2n) is 5.59. The van der Waals surface area contributed by atoms with Crippen molar-refractivity contribution in [3.63, 3.8) is 0 Å². The van der Waals surface area contributed by atoms with Crippen LogP contribution in [0.3, 0.4) is 0 Å². The maximum Gasteiger partial charge on any atom is 0.0397 e. The molecular formula is C16H27N3. The van der Waals surface area contributed by atoms with Crippen LogP contribution in [0.2, 0.25) is 0 Å². The van der Waals surface area contributed by atoms with Crippen LogP contribution in [0.25, 0.3) is 0 Å². The van der Waals surface area contributed by atoms with Crippen molar-refractivity contribution in [2.24, 2.45) is 0 Å². The topological polar surface area (TPSA) is 18.5 Å². The number of nitrogens with one attached hydrogen (secondary N) is 1. The van der Waals surface area contributed by atoms with Gasteiger partial charge in [-0.3, -0.25) is 0 Å². The summed E-state index contributed by atoms with van der Waals surface area (Å²) in [5, 5.41) is 3.46. The second-order valence-corrected chi connectivity index (χ2v) is 5.59. The first-order valence-electron chi connectivity index (χ1n) is 7.44. The molecule has 1 aromatic carbocycles. The van der Waals surface area contributed by atoms with Crippen molar-refractivity contribution in [3.8, 4) is 0 Å². The molecule has 19 heavy (non-hydrogen) atoms. The standard InChI is InChI=1S/C16H27N3/c1-4-7-17-13-15-5-6-16(14(2)12-15)19-10-8-18(3)9-11-19/h5-6,12,17H,4,7-11,13H2,1-3H3. The predicted molar refractivity (Wildman–Crippen MR) is 82.9 cm³/mol. The first kappa shape index (κ1) is 14.4. The van der Waals surface area contributed by atoms with E-state index in [-0.39, 0.29) is 0 Å². The molecule has 0 spiro atoms. The Balaban J connectivity index is 1.98. The van der Waals surface area contributed by atoms with Crippen molar-refractivity contribution in [1.29, 1.82) is 0 Å². The first-order valence-corrected chi connectivity index (χ1v) is 7.44. The molecule has 1 aliphatic rings. The molecule has 0 bridgehead atoms. The largest absolute Gasteiger partial charge is 0.369 e. The fraction of sp³-hybridized carbons (Fsp3) is 0.625. The molecule has 2 rings (SSSR count). The number of aryl methyl sites for hydroxylation is 1. The van der Waals surface area contributed by atoms with Gasteiger partial charge >= 0.3 is 0 Å². The molecule has 0 atom stereocenters. The average Bonchev–Trinajstić information content (AvgIpc) is 2.41. The van der Waals surface area contributed by atoms with Crippen LogP contribution in [-0.4, -0.2) is 44.7 Å².